The molecule has 0 bridgehead atoms. The van der Waals surface area contributed by atoms with E-state index in [1.807, 2.05) is 20.8 Å². The van der Waals surface area contributed by atoms with Crippen molar-refractivity contribution in [1.29, 1.82) is 0 Å². The first-order valence-electron chi connectivity index (χ1n) is 12.9. The van der Waals surface area contributed by atoms with Gasteiger partial charge < -0.3 is 10.0 Å². The smallest absolute Gasteiger partial charge is 0.433 e. The minimum absolute atomic E-state index is 0.0444. The van der Waals surface area contributed by atoms with Crippen molar-refractivity contribution in [3.8, 4) is 0 Å². The van der Waals surface area contributed by atoms with Crippen LogP contribution in [0.1, 0.15) is 81.0 Å². The largest absolute Gasteiger partial charge is 0.481 e. The number of carboxylic acids is 1. The summed E-state index contributed by atoms with van der Waals surface area (Å²) in [6.07, 6.45) is -0.0304. The number of carbonyl (C=O) groups excluding carboxylic acids is 1. The molecule has 1 aliphatic rings. The average molecular weight is 603 g/mol. The summed E-state index contributed by atoms with van der Waals surface area (Å²) in [7, 11) is 0. The van der Waals surface area contributed by atoms with Crippen molar-refractivity contribution in [2.45, 2.75) is 72.0 Å². The van der Waals surface area contributed by atoms with Crippen LogP contribution in [0.15, 0.2) is 18.7 Å². The number of aliphatic carboxylic acids is 1. The number of amides is 1. The molecule has 40 heavy (non-hydrogen) atoms. The van der Waals surface area contributed by atoms with Gasteiger partial charge in [-0.15, -0.1) is 0 Å². The fourth-order valence-electron chi connectivity index (χ4n) is 5.17. The SMILES string of the molecule is CC(C)(C)CN(CCc1c(Cl)cn2ncnc2c1Cl)C(=O)c1cnn(C2CCC(C)(C(=O)O)CC2)c1C(F)(F)F. The highest BCUT2D eigenvalue weighted by Crippen LogP contribution is 2.43. The lowest BCUT2D eigenvalue weighted by molar-refractivity contribution is -0.152. The predicted octanol–water partition coefficient (Wildman–Crippen LogP) is 6.19. The maximum absolute atomic E-state index is 14.4. The number of hydrogen-bond acceptors (Lipinski definition) is 5. The summed E-state index contributed by atoms with van der Waals surface area (Å²) < 4.78 is 45.6. The van der Waals surface area contributed by atoms with Crippen LogP contribution < -0.4 is 0 Å². The lowest BCUT2D eigenvalue weighted by atomic mass is 9.74. The predicted molar refractivity (Wildman–Crippen MR) is 143 cm³/mol. The van der Waals surface area contributed by atoms with E-state index in [2.05, 4.69) is 15.2 Å². The maximum atomic E-state index is 14.4. The van der Waals surface area contributed by atoms with Crippen molar-refractivity contribution in [2.24, 2.45) is 10.8 Å². The number of fused-ring (bicyclic) bond motifs is 1. The molecule has 1 fully saturated rings. The van der Waals surface area contributed by atoms with E-state index >= 15 is 0 Å². The highest BCUT2D eigenvalue weighted by molar-refractivity contribution is 6.37. The molecule has 0 aliphatic heterocycles. The zero-order valence-corrected chi connectivity index (χ0v) is 24.1. The second-order valence-electron chi connectivity index (χ2n) is 11.8. The fraction of sp³-hybridized carbons (Fsp3) is 0.577. The summed E-state index contributed by atoms with van der Waals surface area (Å²) in [6.45, 7) is 7.44. The first kappa shape index (κ1) is 30.1. The van der Waals surface area contributed by atoms with E-state index in [9.17, 15) is 27.9 Å². The number of hydrogen-bond donors (Lipinski definition) is 1. The van der Waals surface area contributed by atoms with Gasteiger partial charge in [0, 0.05) is 19.3 Å². The van der Waals surface area contributed by atoms with E-state index in [1.54, 1.807) is 6.92 Å². The highest BCUT2D eigenvalue weighted by Gasteiger charge is 2.45. The molecular formula is C26H31Cl2F3N6O3. The zero-order chi connectivity index (χ0) is 29.6. The van der Waals surface area contributed by atoms with Crippen molar-refractivity contribution in [3.63, 3.8) is 0 Å². The summed E-state index contributed by atoms with van der Waals surface area (Å²) in [4.78, 5) is 30.8. The Morgan fingerprint density at radius 1 is 1.18 bits per heavy atom. The summed E-state index contributed by atoms with van der Waals surface area (Å²) in [5, 5.41) is 18.1. The van der Waals surface area contributed by atoms with Gasteiger partial charge in [0.25, 0.3) is 5.91 Å². The van der Waals surface area contributed by atoms with Crippen LogP contribution in [-0.4, -0.2) is 59.4 Å². The second kappa shape index (κ2) is 10.8. The Labute approximate surface area is 239 Å². The molecule has 14 heteroatoms. The Bertz CT molecular complexity index is 1420. The molecule has 1 saturated carbocycles. The van der Waals surface area contributed by atoms with Crippen LogP contribution in [0.5, 0.6) is 0 Å². The van der Waals surface area contributed by atoms with Gasteiger partial charge in [0.05, 0.1) is 33.3 Å². The second-order valence-corrected chi connectivity index (χ2v) is 12.6. The van der Waals surface area contributed by atoms with Crippen LogP contribution in [0.25, 0.3) is 5.65 Å². The summed E-state index contributed by atoms with van der Waals surface area (Å²) in [5.74, 6) is -1.78. The number of halogens is 5. The van der Waals surface area contributed by atoms with Crippen molar-refractivity contribution >= 4 is 40.7 Å². The molecule has 1 aliphatic carbocycles. The Morgan fingerprint density at radius 3 is 2.40 bits per heavy atom. The quantitative estimate of drug-likeness (QED) is 0.346. The first-order chi connectivity index (χ1) is 18.5. The average Bonchev–Trinajstić information content (AvgIpc) is 3.50. The molecule has 3 heterocycles. The molecule has 1 amide bonds. The fourth-order valence-corrected chi connectivity index (χ4v) is 5.84. The monoisotopic (exact) mass is 602 g/mol. The molecule has 4 rings (SSSR count). The number of aromatic nitrogens is 5. The standard InChI is InChI=1S/C26H31Cl2F3N6O3/c1-24(2,3)13-35(10-7-16-18(27)12-36-21(19(16)28)32-14-34-36)22(38)17-11-33-37(20(17)26(29,30)31)15-5-8-25(4,9-6-15)23(39)40/h11-12,14-15H,5-10,13H2,1-4H3,(H,39,40). The minimum Gasteiger partial charge on any atom is -0.481 e. The van der Waals surface area contributed by atoms with E-state index in [-0.39, 0.29) is 50.2 Å². The van der Waals surface area contributed by atoms with Gasteiger partial charge in [0.2, 0.25) is 0 Å². The maximum Gasteiger partial charge on any atom is 0.433 e. The third kappa shape index (κ3) is 6.07. The van der Waals surface area contributed by atoms with Crippen LogP contribution in [-0.2, 0) is 17.4 Å². The zero-order valence-electron chi connectivity index (χ0n) is 22.6. The molecule has 0 saturated heterocycles. The van der Waals surface area contributed by atoms with Crippen LogP contribution in [0.2, 0.25) is 10.0 Å². The van der Waals surface area contributed by atoms with E-state index in [4.69, 9.17) is 23.2 Å². The van der Waals surface area contributed by atoms with Gasteiger partial charge in [-0.05, 0) is 50.0 Å². The molecule has 0 radical (unpaired) electrons. The molecular weight excluding hydrogens is 572 g/mol. The number of alkyl halides is 3. The van der Waals surface area contributed by atoms with Crippen molar-refractivity contribution < 1.29 is 27.9 Å². The van der Waals surface area contributed by atoms with Gasteiger partial charge in [-0.25, -0.2) is 9.50 Å². The topological polar surface area (TPSA) is 106 Å². The Balaban J connectivity index is 1.65. The van der Waals surface area contributed by atoms with Crippen LogP contribution in [0.3, 0.4) is 0 Å². The van der Waals surface area contributed by atoms with Crippen molar-refractivity contribution in [1.82, 2.24) is 29.3 Å². The molecule has 3 aromatic rings. The van der Waals surface area contributed by atoms with Gasteiger partial charge in [0.15, 0.2) is 11.3 Å². The van der Waals surface area contributed by atoms with Gasteiger partial charge >= 0.3 is 12.1 Å². The van der Waals surface area contributed by atoms with Gasteiger partial charge in [-0.2, -0.15) is 23.4 Å². The van der Waals surface area contributed by atoms with Crippen molar-refractivity contribution in [3.05, 3.63) is 45.6 Å². The molecule has 1 N–H and O–H groups in total. The first-order valence-corrected chi connectivity index (χ1v) is 13.6. The summed E-state index contributed by atoms with van der Waals surface area (Å²) in [6, 6.07) is -0.672. The third-order valence-electron chi connectivity index (χ3n) is 7.36. The van der Waals surface area contributed by atoms with E-state index in [1.165, 1.54) is 21.9 Å². The molecule has 0 atom stereocenters. The number of pyridine rings is 1. The van der Waals surface area contributed by atoms with E-state index in [0.717, 1.165) is 10.9 Å². The highest BCUT2D eigenvalue weighted by atomic mass is 35.5. The number of carboxylic acid groups (broad SMARTS) is 1. The third-order valence-corrected chi connectivity index (χ3v) is 8.08. The van der Waals surface area contributed by atoms with Gasteiger partial charge in [-0.3, -0.25) is 14.3 Å². The molecule has 0 unspecified atom stereocenters. The lowest BCUT2D eigenvalue weighted by Crippen LogP contribution is -2.40. The number of rotatable bonds is 7. The normalized spacial score (nSPS) is 20.2. The Morgan fingerprint density at radius 2 is 1.82 bits per heavy atom. The van der Waals surface area contributed by atoms with Crippen LogP contribution in [0, 0.1) is 10.8 Å². The van der Waals surface area contributed by atoms with Gasteiger partial charge in [0.1, 0.15) is 6.33 Å². The number of nitrogens with zero attached hydrogens (tertiary/aromatic N) is 6. The van der Waals surface area contributed by atoms with E-state index < -0.39 is 46.2 Å². The number of carbonyl (C=O) groups is 2. The molecule has 218 valence electrons. The molecule has 0 aromatic carbocycles. The van der Waals surface area contributed by atoms with Crippen LogP contribution in [0.4, 0.5) is 13.2 Å². The molecule has 3 aromatic heterocycles. The molecule has 0 spiro atoms. The molecule has 9 nitrogen and oxygen atoms in total. The van der Waals surface area contributed by atoms with E-state index in [0.29, 0.717) is 16.2 Å². The summed E-state index contributed by atoms with van der Waals surface area (Å²) >= 11 is 12.9. The summed E-state index contributed by atoms with van der Waals surface area (Å²) in [5.41, 5.74) is -2.22. The minimum atomic E-state index is -4.85. The van der Waals surface area contributed by atoms with Gasteiger partial charge in [-0.1, -0.05) is 44.0 Å². The lowest BCUT2D eigenvalue weighted by Gasteiger charge is -2.34. The Kier molecular flexibility index (Phi) is 8.16. The van der Waals surface area contributed by atoms with Crippen LogP contribution >= 0.6 is 23.2 Å². The van der Waals surface area contributed by atoms with Crippen molar-refractivity contribution in [2.75, 3.05) is 13.1 Å². The Hall–Kier alpha value is -2.86.